The number of anilines is 1. The molecule has 0 saturated carbocycles. The number of hydrogen-bond acceptors (Lipinski definition) is 4. The van der Waals surface area contributed by atoms with Gasteiger partial charge in [0.15, 0.2) is 5.76 Å². The molecule has 3 rings (SSSR count). The van der Waals surface area contributed by atoms with Crippen LogP contribution >= 0.6 is 11.6 Å². The minimum Gasteiger partial charge on any atom is -0.459 e. The number of hydrogen-bond donors (Lipinski definition) is 1. The van der Waals surface area contributed by atoms with Crippen molar-refractivity contribution in [1.82, 2.24) is 9.80 Å². The highest BCUT2D eigenvalue weighted by molar-refractivity contribution is 6.33. The zero-order valence-corrected chi connectivity index (χ0v) is 15.0. The highest BCUT2D eigenvalue weighted by Crippen LogP contribution is 2.23. The van der Waals surface area contributed by atoms with Crippen LogP contribution in [0.15, 0.2) is 41.0 Å². The number of nitrogens with one attached hydrogen (secondary N) is 1. The summed E-state index contributed by atoms with van der Waals surface area (Å²) in [5.41, 5.74) is 0.372. The maximum Gasteiger partial charge on any atom is 0.289 e. The fourth-order valence-electron chi connectivity index (χ4n) is 2.86. The van der Waals surface area contributed by atoms with Gasteiger partial charge < -0.3 is 14.6 Å². The molecule has 2 amide bonds. The Bertz CT molecular complexity index is 789. The van der Waals surface area contributed by atoms with Crippen LogP contribution in [0.25, 0.3) is 0 Å². The summed E-state index contributed by atoms with van der Waals surface area (Å²) in [6.45, 7) is 3.94. The van der Waals surface area contributed by atoms with Crippen molar-refractivity contribution in [3.05, 3.63) is 53.2 Å². The van der Waals surface area contributed by atoms with Gasteiger partial charge in [0.2, 0.25) is 5.91 Å². The van der Waals surface area contributed by atoms with E-state index in [1.54, 1.807) is 24.0 Å². The third kappa shape index (κ3) is 4.05. The molecule has 0 spiro atoms. The van der Waals surface area contributed by atoms with Crippen LogP contribution in [-0.2, 0) is 4.79 Å². The van der Waals surface area contributed by atoms with Crippen molar-refractivity contribution < 1.29 is 18.4 Å². The normalized spacial score (nSPS) is 16.3. The number of rotatable bonds is 4. The van der Waals surface area contributed by atoms with Crippen LogP contribution in [0.3, 0.4) is 0 Å². The number of benzene rings is 1. The van der Waals surface area contributed by atoms with Crippen molar-refractivity contribution in [3.8, 4) is 0 Å². The number of carbonyl (C=O) groups is 2. The number of furan rings is 1. The van der Waals surface area contributed by atoms with Gasteiger partial charge in [-0.1, -0.05) is 11.6 Å². The van der Waals surface area contributed by atoms with Gasteiger partial charge in [0.1, 0.15) is 5.82 Å². The molecule has 1 aromatic carbocycles. The summed E-state index contributed by atoms with van der Waals surface area (Å²) >= 11 is 5.95. The summed E-state index contributed by atoms with van der Waals surface area (Å²) in [4.78, 5) is 28.4. The first-order valence-corrected chi connectivity index (χ1v) is 8.66. The predicted octanol–water partition coefficient (Wildman–Crippen LogP) is 2.86. The van der Waals surface area contributed by atoms with E-state index < -0.39 is 11.9 Å². The molecule has 1 aliphatic heterocycles. The minimum atomic E-state index is -0.460. The lowest BCUT2D eigenvalue weighted by Crippen LogP contribution is -2.54. The number of piperazine rings is 1. The summed E-state index contributed by atoms with van der Waals surface area (Å²) in [7, 11) is 0. The second-order valence-corrected chi connectivity index (χ2v) is 6.50. The van der Waals surface area contributed by atoms with Crippen LogP contribution < -0.4 is 5.32 Å². The van der Waals surface area contributed by atoms with Crippen molar-refractivity contribution in [1.29, 1.82) is 0 Å². The Morgan fingerprint density at radius 3 is 2.58 bits per heavy atom. The first-order valence-electron chi connectivity index (χ1n) is 8.28. The fraction of sp³-hybridized carbons (Fsp3) is 0.333. The Hall–Kier alpha value is -2.38. The third-order valence-corrected chi connectivity index (χ3v) is 4.76. The van der Waals surface area contributed by atoms with Gasteiger partial charge in [-0.15, -0.1) is 0 Å². The molecule has 1 aliphatic rings. The topological polar surface area (TPSA) is 65.8 Å². The lowest BCUT2D eigenvalue weighted by Gasteiger charge is -2.37. The van der Waals surface area contributed by atoms with Gasteiger partial charge in [0.05, 0.1) is 23.0 Å². The molecule has 8 heteroatoms. The zero-order chi connectivity index (χ0) is 18.7. The second-order valence-electron chi connectivity index (χ2n) is 6.09. The summed E-state index contributed by atoms with van der Waals surface area (Å²) in [6, 6.07) is 6.74. The number of nitrogens with zero attached hydrogens (tertiary/aromatic N) is 2. The van der Waals surface area contributed by atoms with E-state index in [9.17, 15) is 14.0 Å². The quantitative estimate of drug-likeness (QED) is 0.887. The van der Waals surface area contributed by atoms with Gasteiger partial charge >= 0.3 is 0 Å². The van der Waals surface area contributed by atoms with Crippen molar-refractivity contribution in [2.75, 3.05) is 31.5 Å². The zero-order valence-electron chi connectivity index (χ0n) is 14.2. The Kier molecular flexibility index (Phi) is 5.58. The predicted molar refractivity (Wildman–Crippen MR) is 95.7 cm³/mol. The van der Waals surface area contributed by atoms with E-state index in [4.69, 9.17) is 16.0 Å². The van der Waals surface area contributed by atoms with E-state index in [2.05, 4.69) is 5.32 Å². The Morgan fingerprint density at radius 2 is 1.96 bits per heavy atom. The SMILES string of the molecule is C[C@@H](C(=O)Nc1ccc(F)cc1Cl)N1CCN(C(=O)c2ccco2)CC1. The smallest absolute Gasteiger partial charge is 0.289 e. The molecule has 26 heavy (non-hydrogen) atoms. The first kappa shape index (κ1) is 18.4. The minimum absolute atomic E-state index is 0.148. The van der Waals surface area contributed by atoms with E-state index in [0.29, 0.717) is 37.6 Å². The summed E-state index contributed by atoms with van der Waals surface area (Å²) in [5.74, 6) is -0.525. The standard InChI is InChI=1S/C18H19ClFN3O3/c1-12(17(24)21-15-5-4-13(20)11-14(15)19)22-6-8-23(9-7-22)18(25)16-3-2-10-26-16/h2-5,10-12H,6-9H2,1H3,(H,21,24)/t12-/m0/s1. The number of amides is 2. The van der Waals surface area contributed by atoms with E-state index in [-0.39, 0.29) is 16.8 Å². The second kappa shape index (κ2) is 7.88. The van der Waals surface area contributed by atoms with E-state index >= 15 is 0 Å². The van der Waals surface area contributed by atoms with Crippen LogP contribution in [0.1, 0.15) is 17.5 Å². The molecule has 0 aliphatic carbocycles. The van der Waals surface area contributed by atoms with Crippen molar-refractivity contribution in [2.45, 2.75) is 13.0 Å². The van der Waals surface area contributed by atoms with E-state index in [1.807, 2.05) is 4.90 Å². The summed E-state index contributed by atoms with van der Waals surface area (Å²) in [5, 5.41) is 2.87. The van der Waals surface area contributed by atoms with Crippen LogP contribution in [0.5, 0.6) is 0 Å². The van der Waals surface area contributed by atoms with Crippen LogP contribution in [0, 0.1) is 5.82 Å². The molecular formula is C18H19ClFN3O3. The molecule has 1 saturated heterocycles. The highest BCUT2D eigenvalue weighted by Gasteiger charge is 2.28. The molecule has 2 aromatic rings. The third-order valence-electron chi connectivity index (χ3n) is 4.45. The van der Waals surface area contributed by atoms with E-state index in [0.717, 1.165) is 6.07 Å². The molecule has 0 unspecified atom stereocenters. The van der Waals surface area contributed by atoms with Crippen LogP contribution in [0.2, 0.25) is 5.02 Å². The number of carbonyl (C=O) groups excluding carboxylic acids is 2. The lowest BCUT2D eigenvalue weighted by atomic mass is 10.2. The van der Waals surface area contributed by atoms with Gasteiger partial charge in [-0.3, -0.25) is 14.5 Å². The summed E-state index contributed by atoms with van der Waals surface area (Å²) in [6.07, 6.45) is 1.47. The molecule has 1 aromatic heterocycles. The average molecular weight is 380 g/mol. The van der Waals surface area contributed by atoms with Gasteiger partial charge in [-0.2, -0.15) is 0 Å². The number of halogens is 2. The monoisotopic (exact) mass is 379 g/mol. The molecular weight excluding hydrogens is 361 g/mol. The maximum atomic E-state index is 13.1. The Morgan fingerprint density at radius 1 is 1.23 bits per heavy atom. The summed E-state index contributed by atoms with van der Waals surface area (Å²) < 4.78 is 18.2. The molecule has 6 nitrogen and oxygen atoms in total. The van der Waals surface area contributed by atoms with Crippen molar-refractivity contribution in [3.63, 3.8) is 0 Å². The largest absolute Gasteiger partial charge is 0.459 e. The molecule has 1 N–H and O–H groups in total. The van der Waals surface area contributed by atoms with Gasteiger partial charge in [-0.05, 0) is 37.3 Å². The van der Waals surface area contributed by atoms with Crippen molar-refractivity contribution in [2.24, 2.45) is 0 Å². The molecule has 0 bridgehead atoms. The molecule has 138 valence electrons. The maximum absolute atomic E-state index is 13.1. The lowest BCUT2D eigenvalue weighted by molar-refractivity contribution is -0.121. The van der Waals surface area contributed by atoms with E-state index in [1.165, 1.54) is 18.4 Å². The molecule has 0 radical (unpaired) electrons. The molecule has 1 atom stereocenters. The average Bonchev–Trinajstić information content (AvgIpc) is 3.17. The van der Waals surface area contributed by atoms with Gasteiger partial charge in [0.25, 0.3) is 5.91 Å². The molecule has 1 fully saturated rings. The Balaban J connectivity index is 1.55. The fourth-order valence-corrected chi connectivity index (χ4v) is 3.08. The van der Waals surface area contributed by atoms with Gasteiger partial charge in [-0.25, -0.2) is 4.39 Å². The molecule has 2 heterocycles. The first-order chi connectivity index (χ1) is 12.5. The van der Waals surface area contributed by atoms with Gasteiger partial charge in [0, 0.05) is 26.2 Å². The Labute approximate surface area is 155 Å². The van der Waals surface area contributed by atoms with Crippen LogP contribution in [0.4, 0.5) is 10.1 Å². The van der Waals surface area contributed by atoms with Crippen LogP contribution in [-0.4, -0.2) is 53.8 Å². The van der Waals surface area contributed by atoms with Crippen molar-refractivity contribution >= 4 is 29.1 Å². The highest BCUT2D eigenvalue weighted by atomic mass is 35.5.